The van der Waals surface area contributed by atoms with Crippen molar-refractivity contribution < 1.29 is 0 Å². The Bertz CT molecular complexity index is 477. The highest BCUT2D eigenvalue weighted by Gasteiger charge is 2.17. The van der Waals surface area contributed by atoms with Gasteiger partial charge in [-0.15, -0.1) is 5.10 Å². The molecule has 0 bridgehead atoms. The van der Waals surface area contributed by atoms with Crippen molar-refractivity contribution in [2.24, 2.45) is 17.6 Å². The molecular formula is C13H19N5. The van der Waals surface area contributed by atoms with Crippen molar-refractivity contribution in [1.29, 1.82) is 0 Å². The summed E-state index contributed by atoms with van der Waals surface area (Å²) in [5.74, 6) is 1.79. The first-order chi connectivity index (χ1) is 8.72. The Morgan fingerprint density at radius 3 is 2.56 bits per heavy atom. The van der Waals surface area contributed by atoms with Crippen LogP contribution in [-0.2, 0) is 6.42 Å². The lowest BCUT2D eigenvalue weighted by Gasteiger charge is -2.17. The smallest absolute Gasteiger partial charge is 0.157 e. The van der Waals surface area contributed by atoms with E-state index < -0.39 is 0 Å². The summed E-state index contributed by atoms with van der Waals surface area (Å²) < 4.78 is 1.78. The van der Waals surface area contributed by atoms with Gasteiger partial charge in [-0.2, -0.15) is 4.68 Å². The van der Waals surface area contributed by atoms with E-state index in [1.807, 2.05) is 30.3 Å². The third kappa shape index (κ3) is 2.73. The van der Waals surface area contributed by atoms with E-state index in [4.69, 9.17) is 5.73 Å². The van der Waals surface area contributed by atoms with Crippen LogP contribution in [-0.4, -0.2) is 26.8 Å². The Balaban J connectivity index is 2.23. The minimum Gasteiger partial charge on any atom is -0.330 e. The second-order valence-corrected chi connectivity index (χ2v) is 4.79. The summed E-state index contributed by atoms with van der Waals surface area (Å²) >= 11 is 0. The fourth-order valence-electron chi connectivity index (χ4n) is 1.93. The van der Waals surface area contributed by atoms with Crippen LogP contribution in [0.25, 0.3) is 5.69 Å². The standard InChI is InChI=1S/C13H19N5/c1-10(2)11(9-14)8-13-15-16-17-18(13)12-6-4-3-5-7-12/h3-7,10-11H,8-9,14H2,1-2H3. The van der Waals surface area contributed by atoms with Crippen LogP contribution in [0.15, 0.2) is 30.3 Å². The molecule has 0 aliphatic carbocycles. The van der Waals surface area contributed by atoms with Crippen molar-refractivity contribution in [3.8, 4) is 5.69 Å². The summed E-state index contributed by atoms with van der Waals surface area (Å²) in [6.07, 6.45) is 0.802. The van der Waals surface area contributed by atoms with E-state index in [2.05, 4.69) is 29.4 Å². The van der Waals surface area contributed by atoms with Crippen LogP contribution in [0.4, 0.5) is 0 Å². The van der Waals surface area contributed by atoms with Crippen LogP contribution in [0.1, 0.15) is 19.7 Å². The van der Waals surface area contributed by atoms with Crippen LogP contribution >= 0.6 is 0 Å². The zero-order chi connectivity index (χ0) is 13.0. The number of nitrogens with zero attached hydrogens (tertiary/aromatic N) is 4. The highest BCUT2D eigenvalue weighted by Crippen LogP contribution is 2.16. The highest BCUT2D eigenvalue weighted by atomic mass is 15.5. The first kappa shape index (κ1) is 12.7. The van der Waals surface area contributed by atoms with Crippen LogP contribution in [0, 0.1) is 11.8 Å². The van der Waals surface area contributed by atoms with Gasteiger partial charge in [-0.3, -0.25) is 0 Å². The Labute approximate surface area is 107 Å². The zero-order valence-corrected chi connectivity index (χ0v) is 10.8. The van der Waals surface area contributed by atoms with Crippen molar-refractivity contribution in [1.82, 2.24) is 20.2 Å². The summed E-state index contributed by atoms with van der Waals surface area (Å²) in [5, 5.41) is 11.9. The monoisotopic (exact) mass is 245 g/mol. The molecule has 0 spiro atoms. The molecule has 0 amide bonds. The van der Waals surface area contributed by atoms with Crippen molar-refractivity contribution in [3.05, 3.63) is 36.2 Å². The molecule has 2 rings (SSSR count). The minimum atomic E-state index is 0.401. The van der Waals surface area contributed by atoms with E-state index in [1.54, 1.807) is 4.68 Å². The summed E-state index contributed by atoms with van der Waals surface area (Å²) in [6.45, 7) is 5.00. The van der Waals surface area contributed by atoms with E-state index >= 15 is 0 Å². The summed E-state index contributed by atoms with van der Waals surface area (Å²) in [5.41, 5.74) is 6.78. The molecular weight excluding hydrogens is 226 g/mol. The average Bonchev–Trinajstić information content (AvgIpc) is 2.84. The molecule has 1 aromatic carbocycles. The summed E-state index contributed by atoms with van der Waals surface area (Å²) in [7, 11) is 0. The second-order valence-electron chi connectivity index (χ2n) is 4.79. The lowest BCUT2D eigenvalue weighted by atomic mass is 9.92. The lowest BCUT2D eigenvalue weighted by Crippen LogP contribution is -2.23. The Morgan fingerprint density at radius 2 is 1.94 bits per heavy atom. The van der Waals surface area contributed by atoms with Gasteiger partial charge in [0, 0.05) is 6.42 Å². The SMILES string of the molecule is CC(C)C(CN)Cc1nnnn1-c1ccccc1. The second kappa shape index (κ2) is 5.73. The first-order valence-corrected chi connectivity index (χ1v) is 6.25. The molecule has 1 unspecified atom stereocenters. The number of para-hydroxylation sites is 1. The van der Waals surface area contributed by atoms with Gasteiger partial charge in [-0.1, -0.05) is 32.0 Å². The lowest BCUT2D eigenvalue weighted by molar-refractivity contribution is 0.382. The number of nitrogens with two attached hydrogens (primary N) is 1. The maximum atomic E-state index is 5.80. The van der Waals surface area contributed by atoms with Crippen molar-refractivity contribution in [2.45, 2.75) is 20.3 Å². The quantitative estimate of drug-likeness (QED) is 0.865. The van der Waals surface area contributed by atoms with Gasteiger partial charge in [0.25, 0.3) is 0 Å². The molecule has 0 fully saturated rings. The summed E-state index contributed by atoms with van der Waals surface area (Å²) in [6, 6.07) is 9.91. The van der Waals surface area contributed by atoms with Gasteiger partial charge in [-0.25, -0.2) is 0 Å². The molecule has 5 nitrogen and oxygen atoms in total. The Kier molecular flexibility index (Phi) is 4.04. The predicted octanol–water partition coefficient (Wildman–Crippen LogP) is 1.44. The van der Waals surface area contributed by atoms with Crippen LogP contribution in [0.3, 0.4) is 0 Å². The van der Waals surface area contributed by atoms with Gasteiger partial charge < -0.3 is 5.73 Å². The third-order valence-corrected chi connectivity index (χ3v) is 3.23. The third-order valence-electron chi connectivity index (χ3n) is 3.23. The number of rotatable bonds is 5. The predicted molar refractivity (Wildman–Crippen MR) is 70.2 cm³/mol. The zero-order valence-electron chi connectivity index (χ0n) is 10.8. The molecule has 0 saturated carbocycles. The van der Waals surface area contributed by atoms with Crippen molar-refractivity contribution in [2.75, 3.05) is 6.54 Å². The topological polar surface area (TPSA) is 69.6 Å². The van der Waals surface area contributed by atoms with Gasteiger partial charge in [0.1, 0.15) is 0 Å². The van der Waals surface area contributed by atoms with Gasteiger partial charge >= 0.3 is 0 Å². The number of aromatic nitrogens is 4. The minimum absolute atomic E-state index is 0.401. The van der Waals surface area contributed by atoms with Crippen LogP contribution < -0.4 is 5.73 Å². The number of benzene rings is 1. The molecule has 1 heterocycles. The normalized spacial score (nSPS) is 12.9. The highest BCUT2D eigenvalue weighted by molar-refractivity contribution is 5.30. The van der Waals surface area contributed by atoms with E-state index in [9.17, 15) is 0 Å². The fourth-order valence-corrected chi connectivity index (χ4v) is 1.93. The number of hydrogen-bond donors (Lipinski definition) is 1. The van der Waals surface area contributed by atoms with E-state index in [1.165, 1.54) is 0 Å². The molecule has 2 N–H and O–H groups in total. The number of hydrogen-bond acceptors (Lipinski definition) is 4. The maximum absolute atomic E-state index is 5.80. The Morgan fingerprint density at radius 1 is 1.22 bits per heavy atom. The van der Waals surface area contributed by atoms with Crippen LogP contribution in [0.5, 0.6) is 0 Å². The maximum Gasteiger partial charge on any atom is 0.157 e. The molecule has 2 aromatic rings. The molecule has 1 atom stereocenters. The van der Waals surface area contributed by atoms with Gasteiger partial charge in [-0.05, 0) is 40.9 Å². The van der Waals surface area contributed by atoms with Crippen molar-refractivity contribution in [3.63, 3.8) is 0 Å². The fraction of sp³-hybridized carbons (Fsp3) is 0.462. The molecule has 5 heteroatoms. The molecule has 1 aromatic heterocycles. The summed E-state index contributed by atoms with van der Waals surface area (Å²) in [4.78, 5) is 0. The van der Waals surface area contributed by atoms with Gasteiger partial charge in [0.15, 0.2) is 5.82 Å². The molecule has 0 saturated heterocycles. The molecule has 0 aliphatic heterocycles. The largest absolute Gasteiger partial charge is 0.330 e. The molecule has 0 radical (unpaired) electrons. The van der Waals surface area contributed by atoms with Gasteiger partial charge in [0.05, 0.1) is 5.69 Å². The van der Waals surface area contributed by atoms with E-state index in [-0.39, 0.29) is 0 Å². The molecule has 96 valence electrons. The molecule has 18 heavy (non-hydrogen) atoms. The average molecular weight is 245 g/mol. The van der Waals surface area contributed by atoms with Gasteiger partial charge in [0.2, 0.25) is 0 Å². The van der Waals surface area contributed by atoms with E-state index in [0.717, 1.165) is 17.9 Å². The van der Waals surface area contributed by atoms with Crippen molar-refractivity contribution >= 4 is 0 Å². The Hall–Kier alpha value is -1.75. The first-order valence-electron chi connectivity index (χ1n) is 6.25. The van der Waals surface area contributed by atoms with E-state index in [0.29, 0.717) is 18.4 Å². The van der Waals surface area contributed by atoms with Crippen LogP contribution in [0.2, 0.25) is 0 Å². The molecule has 0 aliphatic rings. The number of tetrazole rings is 1.